The van der Waals surface area contributed by atoms with Gasteiger partial charge in [0, 0.05) is 13.1 Å². The smallest absolute Gasteiger partial charge is 0.242 e. The lowest BCUT2D eigenvalue weighted by atomic mass is 10.2. The minimum atomic E-state index is 0.0600. The van der Waals surface area contributed by atoms with Crippen LogP contribution in [0.2, 0.25) is 0 Å². The van der Waals surface area contributed by atoms with Crippen LogP contribution < -0.4 is 0 Å². The zero-order valence-corrected chi connectivity index (χ0v) is 10.0. The van der Waals surface area contributed by atoms with Crippen LogP contribution in [0.15, 0.2) is 0 Å². The van der Waals surface area contributed by atoms with Crippen LogP contribution in [-0.2, 0) is 9.59 Å². The molecule has 15 heavy (non-hydrogen) atoms. The van der Waals surface area contributed by atoms with Crippen LogP contribution in [0.1, 0.15) is 19.8 Å². The van der Waals surface area contributed by atoms with E-state index in [1.807, 2.05) is 6.92 Å². The number of carbonyl (C=O) groups is 2. The number of amides is 2. The maximum Gasteiger partial charge on any atom is 0.242 e. The van der Waals surface area contributed by atoms with E-state index in [-0.39, 0.29) is 24.9 Å². The number of piperazine rings is 1. The Hall–Kier alpha value is -0.710. The van der Waals surface area contributed by atoms with E-state index in [0.717, 1.165) is 18.6 Å². The van der Waals surface area contributed by atoms with Gasteiger partial charge in [-0.1, -0.05) is 6.92 Å². The lowest BCUT2D eigenvalue weighted by Gasteiger charge is -2.33. The summed E-state index contributed by atoms with van der Waals surface area (Å²) in [6, 6.07) is 0. The molecule has 1 aliphatic heterocycles. The van der Waals surface area contributed by atoms with Crippen LogP contribution in [-0.4, -0.2) is 53.5 Å². The Bertz CT molecular complexity index is 246. The van der Waals surface area contributed by atoms with Crippen LogP contribution >= 0.6 is 12.6 Å². The van der Waals surface area contributed by atoms with Crippen LogP contribution in [0, 0.1) is 0 Å². The van der Waals surface area contributed by atoms with Gasteiger partial charge >= 0.3 is 0 Å². The van der Waals surface area contributed by atoms with Crippen molar-refractivity contribution < 1.29 is 9.59 Å². The third-order valence-electron chi connectivity index (χ3n) is 2.44. The van der Waals surface area contributed by atoms with Gasteiger partial charge in [0.25, 0.3) is 0 Å². The van der Waals surface area contributed by atoms with Gasteiger partial charge in [0.05, 0.1) is 13.1 Å². The van der Waals surface area contributed by atoms with Crippen molar-refractivity contribution in [1.82, 2.24) is 9.80 Å². The number of thiol groups is 1. The van der Waals surface area contributed by atoms with E-state index in [4.69, 9.17) is 0 Å². The SMILES string of the molecule is CCCN1CC(=O)N(CCCS)CC1=O. The van der Waals surface area contributed by atoms with Crippen molar-refractivity contribution in [2.75, 3.05) is 31.9 Å². The molecule has 0 aromatic heterocycles. The molecule has 0 aromatic rings. The Kier molecular flexibility index (Phi) is 4.94. The maximum absolute atomic E-state index is 11.6. The zero-order valence-electron chi connectivity index (χ0n) is 9.11. The van der Waals surface area contributed by atoms with Gasteiger partial charge in [0.1, 0.15) is 0 Å². The Morgan fingerprint density at radius 1 is 1.13 bits per heavy atom. The summed E-state index contributed by atoms with van der Waals surface area (Å²) in [4.78, 5) is 26.5. The number of carbonyl (C=O) groups excluding carboxylic acids is 2. The van der Waals surface area contributed by atoms with E-state index in [9.17, 15) is 9.59 Å². The predicted molar refractivity (Wildman–Crippen MR) is 61.9 cm³/mol. The first kappa shape index (κ1) is 12.4. The fourth-order valence-electron chi connectivity index (χ4n) is 1.64. The van der Waals surface area contributed by atoms with Gasteiger partial charge in [-0.05, 0) is 18.6 Å². The molecule has 4 nitrogen and oxygen atoms in total. The molecule has 1 rings (SSSR count). The zero-order chi connectivity index (χ0) is 11.3. The fraction of sp³-hybridized carbons (Fsp3) is 0.800. The molecule has 0 bridgehead atoms. The molecule has 0 saturated carbocycles. The number of rotatable bonds is 5. The molecule has 0 atom stereocenters. The van der Waals surface area contributed by atoms with Crippen molar-refractivity contribution in [2.24, 2.45) is 0 Å². The first-order valence-corrected chi connectivity index (χ1v) is 5.98. The van der Waals surface area contributed by atoms with Crippen LogP contribution in [0.3, 0.4) is 0 Å². The Morgan fingerprint density at radius 3 is 2.13 bits per heavy atom. The molecule has 0 radical (unpaired) electrons. The van der Waals surface area contributed by atoms with Crippen molar-refractivity contribution in [1.29, 1.82) is 0 Å². The summed E-state index contributed by atoms with van der Waals surface area (Å²) >= 11 is 4.09. The molecular formula is C10H18N2O2S. The highest BCUT2D eigenvalue weighted by Crippen LogP contribution is 2.06. The second kappa shape index (κ2) is 6.00. The van der Waals surface area contributed by atoms with Crippen molar-refractivity contribution in [3.63, 3.8) is 0 Å². The van der Waals surface area contributed by atoms with Crippen molar-refractivity contribution in [3.8, 4) is 0 Å². The Balaban J connectivity index is 2.47. The summed E-state index contributed by atoms with van der Waals surface area (Å²) in [5, 5.41) is 0. The summed E-state index contributed by atoms with van der Waals surface area (Å²) in [6.45, 7) is 3.83. The van der Waals surface area contributed by atoms with Gasteiger partial charge < -0.3 is 9.80 Å². The quantitative estimate of drug-likeness (QED) is 0.694. The second-order valence-corrected chi connectivity index (χ2v) is 4.15. The minimum Gasteiger partial charge on any atom is -0.332 e. The summed E-state index contributed by atoms with van der Waals surface area (Å²) in [5.41, 5.74) is 0. The average Bonchev–Trinajstić information content (AvgIpc) is 2.21. The van der Waals surface area contributed by atoms with Crippen molar-refractivity contribution >= 4 is 24.4 Å². The topological polar surface area (TPSA) is 40.6 Å². The largest absolute Gasteiger partial charge is 0.332 e. The molecule has 1 aliphatic rings. The predicted octanol–water partition coefficient (Wildman–Crippen LogP) is 0.387. The molecule has 0 aromatic carbocycles. The highest BCUT2D eigenvalue weighted by atomic mass is 32.1. The second-order valence-electron chi connectivity index (χ2n) is 3.71. The summed E-state index contributed by atoms with van der Waals surface area (Å²) < 4.78 is 0. The summed E-state index contributed by atoms with van der Waals surface area (Å²) in [6.07, 6.45) is 1.74. The minimum absolute atomic E-state index is 0.0600. The standard InChI is InChI=1S/C10H18N2O2S/c1-2-4-11-7-10(14)12(5-3-6-15)8-9(11)13/h15H,2-8H2,1H3. The van der Waals surface area contributed by atoms with E-state index in [2.05, 4.69) is 12.6 Å². The molecule has 1 fully saturated rings. The number of nitrogens with zero attached hydrogens (tertiary/aromatic N) is 2. The van der Waals surface area contributed by atoms with Crippen molar-refractivity contribution in [3.05, 3.63) is 0 Å². The molecule has 1 saturated heterocycles. The number of hydrogen-bond acceptors (Lipinski definition) is 3. The van der Waals surface area contributed by atoms with Crippen LogP contribution in [0.25, 0.3) is 0 Å². The van der Waals surface area contributed by atoms with Gasteiger partial charge in [0.15, 0.2) is 0 Å². The van der Waals surface area contributed by atoms with Gasteiger partial charge in [-0.3, -0.25) is 9.59 Å². The molecule has 0 N–H and O–H groups in total. The molecular weight excluding hydrogens is 212 g/mol. The average molecular weight is 230 g/mol. The Morgan fingerprint density at radius 2 is 1.67 bits per heavy atom. The van der Waals surface area contributed by atoms with E-state index in [0.29, 0.717) is 13.1 Å². The number of hydrogen-bond donors (Lipinski definition) is 1. The maximum atomic E-state index is 11.6. The van der Waals surface area contributed by atoms with E-state index >= 15 is 0 Å². The van der Waals surface area contributed by atoms with Crippen LogP contribution in [0.4, 0.5) is 0 Å². The summed E-state index contributed by atoms with van der Waals surface area (Å²) in [7, 11) is 0. The van der Waals surface area contributed by atoms with Crippen LogP contribution in [0.5, 0.6) is 0 Å². The highest BCUT2D eigenvalue weighted by molar-refractivity contribution is 7.80. The highest BCUT2D eigenvalue weighted by Gasteiger charge is 2.28. The normalized spacial score (nSPS) is 17.5. The monoisotopic (exact) mass is 230 g/mol. The molecule has 0 spiro atoms. The third-order valence-corrected chi connectivity index (χ3v) is 2.75. The lowest BCUT2D eigenvalue weighted by molar-refractivity contribution is -0.150. The van der Waals surface area contributed by atoms with Gasteiger partial charge in [0.2, 0.25) is 11.8 Å². The first-order valence-electron chi connectivity index (χ1n) is 5.35. The van der Waals surface area contributed by atoms with Crippen molar-refractivity contribution in [2.45, 2.75) is 19.8 Å². The Labute approximate surface area is 96.0 Å². The van der Waals surface area contributed by atoms with E-state index in [1.165, 1.54) is 0 Å². The van der Waals surface area contributed by atoms with E-state index < -0.39 is 0 Å². The molecule has 5 heteroatoms. The molecule has 86 valence electrons. The fourth-order valence-corrected chi connectivity index (χ4v) is 1.78. The third kappa shape index (κ3) is 3.41. The van der Waals surface area contributed by atoms with Gasteiger partial charge in [-0.25, -0.2) is 0 Å². The van der Waals surface area contributed by atoms with Gasteiger partial charge in [-0.15, -0.1) is 0 Å². The molecule has 0 unspecified atom stereocenters. The lowest BCUT2D eigenvalue weighted by Crippen LogP contribution is -2.54. The summed E-state index contributed by atoms with van der Waals surface area (Å²) in [5.74, 6) is 0.872. The molecule has 0 aliphatic carbocycles. The molecule has 2 amide bonds. The first-order chi connectivity index (χ1) is 7.19. The molecule has 1 heterocycles. The van der Waals surface area contributed by atoms with Gasteiger partial charge in [-0.2, -0.15) is 12.6 Å². The van der Waals surface area contributed by atoms with E-state index in [1.54, 1.807) is 9.80 Å².